The van der Waals surface area contributed by atoms with Crippen LogP contribution in [-0.4, -0.2) is 77.3 Å². The molecule has 1 saturated heterocycles. The van der Waals surface area contributed by atoms with Gasteiger partial charge in [-0.15, -0.1) is 0 Å². The standard InChI is InChI=1S/C40H42N6O/c1-30-36(31-19-20-37-35(27-31)38(21-22-41-37)45-25-23-44(24-26-45)29-39(47)43(2)3)28-46(42-30)40(32-13-7-4-8-14-32,33-15-9-5-10-16-33)34-17-11-6-12-18-34/h4-17,19-22,27-28,34H,18,23-26,29H2,1-3H3. The second-order valence-electron chi connectivity index (χ2n) is 12.8. The highest BCUT2D eigenvalue weighted by molar-refractivity contribution is 5.95. The highest BCUT2D eigenvalue weighted by Gasteiger charge is 2.44. The number of pyridine rings is 1. The van der Waals surface area contributed by atoms with Gasteiger partial charge >= 0.3 is 0 Å². The Morgan fingerprint density at radius 1 is 0.894 bits per heavy atom. The first kappa shape index (κ1) is 30.6. The average molecular weight is 623 g/mol. The Morgan fingerprint density at radius 3 is 2.23 bits per heavy atom. The number of carbonyl (C=O) groups excluding carboxylic acids is 1. The number of anilines is 1. The second-order valence-corrected chi connectivity index (χ2v) is 12.8. The van der Waals surface area contributed by atoms with Gasteiger partial charge in [-0.1, -0.05) is 91.0 Å². The number of piperazine rings is 1. The fraction of sp³-hybridized carbons (Fsp3) is 0.275. The zero-order chi connectivity index (χ0) is 32.4. The summed E-state index contributed by atoms with van der Waals surface area (Å²) in [5.41, 5.74) is 7.26. The van der Waals surface area contributed by atoms with E-state index in [2.05, 4.69) is 137 Å². The molecule has 1 fully saturated rings. The monoisotopic (exact) mass is 622 g/mol. The first-order chi connectivity index (χ1) is 22.9. The zero-order valence-corrected chi connectivity index (χ0v) is 27.5. The summed E-state index contributed by atoms with van der Waals surface area (Å²) in [5, 5.41) is 6.45. The Morgan fingerprint density at radius 2 is 1.60 bits per heavy atom. The van der Waals surface area contributed by atoms with Crippen molar-refractivity contribution in [1.29, 1.82) is 0 Å². The van der Waals surface area contributed by atoms with E-state index in [1.54, 1.807) is 4.90 Å². The fourth-order valence-electron chi connectivity index (χ4n) is 7.28. The molecule has 1 aliphatic carbocycles. The van der Waals surface area contributed by atoms with Crippen molar-refractivity contribution in [2.75, 3.05) is 51.7 Å². The minimum Gasteiger partial charge on any atom is -0.368 e. The van der Waals surface area contributed by atoms with Gasteiger partial charge in [0.1, 0.15) is 5.54 Å². The van der Waals surface area contributed by atoms with Crippen LogP contribution in [0.15, 0.2) is 122 Å². The molecule has 0 N–H and O–H groups in total. The van der Waals surface area contributed by atoms with Gasteiger partial charge in [-0.25, -0.2) is 0 Å². The van der Waals surface area contributed by atoms with Gasteiger partial charge in [0.25, 0.3) is 0 Å². The van der Waals surface area contributed by atoms with Gasteiger partial charge in [-0.2, -0.15) is 5.10 Å². The third-order valence-electron chi connectivity index (χ3n) is 9.81. The summed E-state index contributed by atoms with van der Waals surface area (Å²) in [4.78, 5) is 23.4. The smallest absolute Gasteiger partial charge is 0.236 e. The molecule has 5 aromatic rings. The van der Waals surface area contributed by atoms with E-state index < -0.39 is 5.54 Å². The summed E-state index contributed by atoms with van der Waals surface area (Å²) in [6.07, 6.45) is 14.0. The van der Waals surface area contributed by atoms with Crippen molar-refractivity contribution in [1.82, 2.24) is 24.6 Å². The zero-order valence-electron chi connectivity index (χ0n) is 27.5. The normalized spacial score (nSPS) is 16.9. The van der Waals surface area contributed by atoms with Crippen LogP contribution in [0.1, 0.15) is 23.2 Å². The lowest BCUT2D eigenvalue weighted by Gasteiger charge is -2.41. The van der Waals surface area contributed by atoms with Crippen LogP contribution in [0.25, 0.3) is 22.0 Å². The Kier molecular flexibility index (Phi) is 8.48. The van der Waals surface area contributed by atoms with E-state index >= 15 is 0 Å². The van der Waals surface area contributed by atoms with Gasteiger partial charge in [-0.05, 0) is 48.2 Å². The number of rotatable bonds is 8. The lowest BCUT2D eigenvalue weighted by Crippen LogP contribution is -2.49. The van der Waals surface area contributed by atoms with Crippen molar-refractivity contribution in [2.24, 2.45) is 5.92 Å². The molecule has 1 atom stereocenters. The Bertz CT molecular complexity index is 1880. The van der Waals surface area contributed by atoms with Crippen molar-refractivity contribution in [3.63, 3.8) is 0 Å². The van der Waals surface area contributed by atoms with Crippen LogP contribution in [-0.2, 0) is 10.3 Å². The highest BCUT2D eigenvalue weighted by atomic mass is 16.2. The van der Waals surface area contributed by atoms with Crippen LogP contribution in [0.4, 0.5) is 5.69 Å². The lowest BCUT2D eigenvalue weighted by atomic mass is 9.70. The van der Waals surface area contributed by atoms with Crippen molar-refractivity contribution in [3.8, 4) is 11.1 Å². The van der Waals surface area contributed by atoms with Gasteiger partial charge in [0.2, 0.25) is 5.91 Å². The Labute approximate surface area is 277 Å². The summed E-state index contributed by atoms with van der Waals surface area (Å²) >= 11 is 0. The summed E-state index contributed by atoms with van der Waals surface area (Å²) in [5.74, 6) is 0.316. The number of hydrogen-bond acceptors (Lipinski definition) is 5. The predicted molar refractivity (Wildman–Crippen MR) is 190 cm³/mol. The summed E-state index contributed by atoms with van der Waals surface area (Å²) < 4.78 is 2.22. The van der Waals surface area contributed by atoms with Crippen molar-refractivity contribution in [2.45, 2.75) is 18.9 Å². The molecule has 7 rings (SSSR count). The number of aromatic nitrogens is 3. The molecule has 0 saturated carbocycles. The minimum absolute atomic E-state index is 0.146. The minimum atomic E-state index is -0.538. The van der Waals surface area contributed by atoms with Gasteiger partial charge in [0, 0.05) is 75.2 Å². The van der Waals surface area contributed by atoms with E-state index in [9.17, 15) is 4.79 Å². The molecule has 2 aromatic heterocycles. The molecule has 2 aliphatic rings. The number of likely N-dealkylation sites (N-methyl/N-ethyl adjacent to an activating group) is 1. The molecule has 3 aromatic carbocycles. The molecule has 1 aliphatic heterocycles. The molecule has 7 nitrogen and oxygen atoms in total. The highest BCUT2D eigenvalue weighted by Crippen LogP contribution is 2.45. The Hall–Kier alpha value is -5.01. The molecule has 238 valence electrons. The van der Waals surface area contributed by atoms with Crippen molar-refractivity contribution >= 4 is 22.5 Å². The molecule has 0 bridgehead atoms. The fourth-order valence-corrected chi connectivity index (χ4v) is 7.28. The molecule has 0 spiro atoms. The van der Waals surface area contributed by atoms with E-state index in [1.165, 1.54) is 16.8 Å². The first-order valence-corrected chi connectivity index (χ1v) is 16.5. The molecular formula is C40H42N6O. The number of allylic oxidation sites excluding steroid dienone is 4. The maximum Gasteiger partial charge on any atom is 0.236 e. The van der Waals surface area contributed by atoms with Gasteiger partial charge in [0.15, 0.2) is 0 Å². The quantitative estimate of drug-likeness (QED) is 0.197. The topological polar surface area (TPSA) is 57.5 Å². The van der Waals surface area contributed by atoms with Crippen molar-refractivity contribution in [3.05, 3.63) is 138 Å². The van der Waals surface area contributed by atoms with Crippen LogP contribution in [0.2, 0.25) is 0 Å². The summed E-state index contributed by atoms with van der Waals surface area (Å²) in [7, 11) is 3.64. The van der Waals surface area contributed by atoms with Crippen LogP contribution >= 0.6 is 0 Å². The van der Waals surface area contributed by atoms with Gasteiger partial charge < -0.3 is 9.80 Å². The molecule has 1 amide bonds. The number of aryl methyl sites for hydroxylation is 1. The van der Waals surface area contributed by atoms with E-state index in [0.29, 0.717) is 6.54 Å². The number of nitrogens with zero attached hydrogens (tertiary/aromatic N) is 6. The van der Waals surface area contributed by atoms with Gasteiger partial charge in [-0.3, -0.25) is 19.4 Å². The van der Waals surface area contributed by atoms with Gasteiger partial charge in [0.05, 0.1) is 17.8 Å². The molecular weight excluding hydrogens is 580 g/mol. The largest absolute Gasteiger partial charge is 0.368 e. The second kappa shape index (κ2) is 13.0. The summed E-state index contributed by atoms with van der Waals surface area (Å²) in [6, 6.07) is 30.3. The molecule has 7 heteroatoms. The average Bonchev–Trinajstić information content (AvgIpc) is 3.51. The number of hydrogen-bond donors (Lipinski definition) is 0. The molecule has 0 radical (unpaired) electrons. The maximum absolute atomic E-state index is 12.3. The van der Waals surface area contributed by atoms with Crippen LogP contribution in [0.3, 0.4) is 0 Å². The first-order valence-electron chi connectivity index (χ1n) is 16.5. The third kappa shape index (κ3) is 5.76. The van der Waals surface area contributed by atoms with Crippen LogP contribution in [0, 0.1) is 12.8 Å². The number of fused-ring (bicyclic) bond motifs is 1. The van der Waals surface area contributed by atoms with E-state index in [-0.39, 0.29) is 11.8 Å². The van der Waals surface area contributed by atoms with E-state index in [0.717, 1.165) is 60.3 Å². The Balaban J connectivity index is 1.29. The van der Waals surface area contributed by atoms with E-state index in [4.69, 9.17) is 10.1 Å². The number of amides is 1. The predicted octanol–water partition coefficient (Wildman–Crippen LogP) is 6.54. The van der Waals surface area contributed by atoms with Crippen LogP contribution in [0.5, 0.6) is 0 Å². The van der Waals surface area contributed by atoms with Crippen LogP contribution < -0.4 is 4.90 Å². The molecule has 3 heterocycles. The van der Waals surface area contributed by atoms with E-state index in [1.807, 2.05) is 20.3 Å². The lowest BCUT2D eigenvalue weighted by molar-refractivity contribution is -0.129. The SMILES string of the molecule is Cc1nn(C(c2ccccc2)(c2ccccc2)C2C=CC=CC2)cc1-c1ccc2nccc(N3CCN(CC(=O)N(C)C)CC3)c2c1. The van der Waals surface area contributed by atoms with Crippen molar-refractivity contribution < 1.29 is 4.79 Å². The number of benzene rings is 3. The third-order valence-corrected chi connectivity index (χ3v) is 9.81. The number of carbonyl (C=O) groups is 1. The summed E-state index contributed by atoms with van der Waals surface area (Å²) in [6.45, 7) is 6.00. The maximum atomic E-state index is 12.3. The molecule has 1 unspecified atom stereocenters. The molecule has 47 heavy (non-hydrogen) atoms.